The molecule has 0 saturated carbocycles. The van der Waals surface area contributed by atoms with Gasteiger partial charge in [0.15, 0.2) is 0 Å². The zero-order valence-corrected chi connectivity index (χ0v) is 7.27. The molecule has 0 aliphatic rings. The molecule has 3 heteroatoms. The molecule has 2 aromatic heterocycles. The predicted octanol–water partition coefficient (Wildman–Crippen LogP) is 2.31. The fourth-order valence-electron chi connectivity index (χ4n) is 1.03. The van der Waals surface area contributed by atoms with E-state index in [0.29, 0.717) is 0 Å². The summed E-state index contributed by atoms with van der Waals surface area (Å²) >= 11 is 1.73. The first-order chi connectivity index (χ1) is 5.29. The highest BCUT2D eigenvalue weighted by Crippen LogP contribution is 2.22. The van der Waals surface area contributed by atoms with Crippen molar-refractivity contribution in [2.75, 3.05) is 0 Å². The Labute approximate surface area is 68.9 Å². The van der Waals surface area contributed by atoms with E-state index in [0.717, 1.165) is 11.2 Å². The molecule has 0 aliphatic heterocycles. The van der Waals surface area contributed by atoms with E-state index in [1.54, 1.807) is 11.3 Å². The topological polar surface area (TPSA) is 25.8 Å². The van der Waals surface area contributed by atoms with Gasteiger partial charge in [-0.2, -0.15) is 5.10 Å². The molecule has 2 nitrogen and oxygen atoms in total. The van der Waals surface area contributed by atoms with Crippen molar-refractivity contribution >= 4 is 21.6 Å². The second-order valence-corrected chi connectivity index (χ2v) is 3.46. The summed E-state index contributed by atoms with van der Waals surface area (Å²) in [6, 6.07) is 2.00. The maximum atomic E-state index is 4.06. The van der Waals surface area contributed by atoms with Gasteiger partial charge in [-0.15, -0.1) is 16.4 Å². The molecule has 2 rings (SSSR count). The van der Waals surface area contributed by atoms with E-state index in [9.17, 15) is 0 Å². The molecule has 0 aromatic carbocycles. The van der Waals surface area contributed by atoms with Crippen LogP contribution >= 0.6 is 11.3 Å². The molecular formula is C8H8N2S. The minimum Gasteiger partial charge on any atom is -0.155 e. The van der Waals surface area contributed by atoms with Crippen molar-refractivity contribution < 1.29 is 0 Å². The summed E-state index contributed by atoms with van der Waals surface area (Å²) in [7, 11) is 0. The fourth-order valence-corrected chi connectivity index (χ4v) is 1.92. The Hall–Kier alpha value is -0.960. The lowest BCUT2D eigenvalue weighted by molar-refractivity contribution is 1.00. The summed E-state index contributed by atoms with van der Waals surface area (Å²) < 4.78 is 1.26. The molecule has 0 fully saturated rings. The van der Waals surface area contributed by atoms with Crippen molar-refractivity contribution in [3.63, 3.8) is 0 Å². The van der Waals surface area contributed by atoms with Gasteiger partial charge >= 0.3 is 0 Å². The van der Waals surface area contributed by atoms with Crippen LogP contribution in [0.1, 0.15) is 11.3 Å². The van der Waals surface area contributed by atoms with Crippen LogP contribution in [-0.2, 0) is 0 Å². The van der Waals surface area contributed by atoms with Crippen LogP contribution in [0.4, 0.5) is 0 Å². The monoisotopic (exact) mass is 164 g/mol. The molecule has 0 radical (unpaired) electrons. The van der Waals surface area contributed by atoms with E-state index in [1.807, 2.05) is 18.4 Å². The van der Waals surface area contributed by atoms with Crippen LogP contribution in [0, 0.1) is 13.8 Å². The number of aromatic nitrogens is 2. The molecule has 11 heavy (non-hydrogen) atoms. The van der Waals surface area contributed by atoms with Gasteiger partial charge in [0.05, 0.1) is 10.4 Å². The average Bonchev–Trinajstić information content (AvgIpc) is 2.45. The van der Waals surface area contributed by atoms with E-state index >= 15 is 0 Å². The number of nitrogens with zero attached hydrogens (tertiary/aromatic N) is 2. The second kappa shape index (κ2) is 2.27. The van der Waals surface area contributed by atoms with E-state index < -0.39 is 0 Å². The summed E-state index contributed by atoms with van der Waals surface area (Å²) in [5.41, 5.74) is 3.29. The van der Waals surface area contributed by atoms with Crippen LogP contribution in [-0.4, -0.2) is 10.2 Å². The standard InChI is InChI=1S/C8H8N2S/c1-5-6(2)9-10-7-3-4-11-8(5)7/h3-4H,1-2H3. The lowest BCUT2D eigenvalue weighted by Gasteiger charge is -1.96. The molecular weight excluding hydrogens is 156 g/mol. The van der Waals surface area contributed by atoms with Crippen molar-refractivity contribution in [2.45, 2.75) is 13.8 Å². The molecule has 2 heterocycles. The minimum absolute atomic E-state index is 1.01. The van der Waals surface area contributed by atoms with Gasteiger partial charge in [0.2, 0.25) is 0 Å². The third kappa shape index (κ3) is 0.922. The molecule has 0 bridgehead atoms. The molecule has 2 aromatic rings. The summed E-state index contributed by atoms with van der Waals surface area (Å²) in [5.74, 6) is 0. The molecule has 0 spiro atoms. The Morgan fingerprint density at radius 3 is 2.91 bits per heavy atom. The highest BCUT2D eigenvalue weighted by atomic mass is 32.1. The highest BCUT2D eigenvalue weighted by Gasteiger charge is 2.02. The molecule has 0 saturated heterocycles. The molecule has 56 valence electrons. The molecule has 0 amide bonds. The van der Waals surface area contributed by atoms with Gasteiger partial charge in [0.1, 0.15) is 5.52 Å². The summed E-state index contributed by atoms with van der Waals surface area (Å²) in [4.78, 5) is 0. The number of aryl methyl sites for hydroxylation is 2. The first kappa shape index (κ1) is 6.73. The van der Waals surface area contributed by atoms with Gasteiger partial charge < -0.3 is 0 Å². The minimum atomic E-state index is 1.01. The summed E-state index contributed by atoms with van der Waals surface area (Å²) in [6.07, 6.45) is 0. The van der Waals surface area contributed by atoms with Gasteiger partial charge in [-0.3, -0.25) is 0 Å². The first-order valence-electron chi connectivity index (χ1n) is 3.46. The van der Waals surface area contributed by atoms with Gasteiger partial charge in [-0.05, 0) is 30.9 Å². The van der Waals surface area contributed by atoms with Crippen molar-refractivity contribution in [1.82, 2.24) is 10.2 Å². The Balaban J connectivity index is 2.93. The Morgan fingerprint density at radius 2 is 2.09 bits per heavy atom. The van der Waals surface area contributed by atoms with Crippen LogP contribution in [0.15, 0.2) is 11.4 Å². The van der Waals surface area contributed by atoms with Crippen LogP contribution < -0.4 is 0 Å². The average molecular weight is 164 g/mol. The van der Waals surface area contributed by atoms with Gasteiger partial charge in [0.25, 0.3) is 0 Å². The number of hydrogen-bond acceptors (Lipinski definition) is 3. The van der Waals surface area contributed by atoms with E-state index in [1.165, 1.54) is 10.3 Å². The number of fused-ring (bicyclic) bond motifs is 1. The Bertz CT molecular complexity index is 392. The van der Waals surface area contributed by atoms with Crippen molar-refractivity contribution in [3.8, 4) is 0 Å². The summed E-state index contributed by atoms with van der Waals surface area (Å²) in [5, 5.41) is 10.1. The lowest BCUT2D eigenvalue weighted by Crippen LogP contribution is -1.89. The Kier molecular flexibility index (Phi) is 1.39. The van der Waals surface area contributed by atoms with Gasteiger partial charge in [-0.1, -0.05) is 0 Å². The lowest BCUT2D eigenvalue weighted by atomic mass is 10.2. The Morgan fingerprint density at radius 1 is 1.27 bits per heavy atom. The zero-order chi connectivity index (χ0) is 7.84. The SMILES string of the molecule is Cc1nnc2ccsc2c1C. The second-order valence-electron chi connectivity index (χ2n) is 2.55. The number of hydrogen-bond donors (Lipinski definition) is 0. The van der Waals surface area contributed by atoms with E-state index in [2.05, 4.69) is 17.1 Å². The van der Waals surface area contributed by atoms with Crippen molar-refractivity contribution in [1.29, 1.82) is 0 Å². The first-order valence-corrected chi connectivity index (χ1v) is 4.34. The smallest absolute Gasteiger partial charge is 0.104 e. The van der Waals surface area contributed by atoms with Crippen LogP contribution in [0.5, 0.6) is 0 Å². The zero-order valence-electron chi connectivity index (χ0n) is 6.46. The quantitative estimate of drug-likeness (QED) is 0.597. The molecule has 0 aliphatic carbocycles. The van der Waals surface area contributed by atoms with Gasteiger partial charge in [0, 0.05) is 0 Å². The molecule has 0 N–H and O–H groups in total. The van der Waals surface area contributed by atoms with Crippen LogP contribution in [0.25, 0.3) is 10.2 Å². The largest absolute Gasteiger partial charge is 0.155 e. The van der Waals surface area contributed by atoms with Crippen molar-refractivity contribution in [3.05, 3.63) is 22.7 Å². The third-order valence-corrected chi connectivity index (χ3v) is 2.86. The van der Waals surface area contributed by atoms with Crippen LogP contribution in [0.2, 0.25) is 0 Å². The number of thiophene rings is 1. The fraction of sp³-hybridized carbons (Fsp3) is 0.250. The predicted molar refractivity (Wildman–Crippen MR) is 46.9 cm³/mol. The van der Waals surface area contributed by atoms with E-state index in [-0.39, 0.29) is 0 Å². The molecule has 0 unspecified atom stereocenters. The van der Waals surface area contributed by atoms with Crippen molar-refractivity contribution in [2.24, 2.45) is 0 Å². The number of rotatable bonds is 0. The maximum absolute atomic E-state index is 4.06. The van der Waals surface area contributed by atoms with E-state index in [4.69, 9.17) is 0 Å². The third-order valence-electron chi connectivity index (χ3n) is 1.84. The van der Waals surface area contributed by atoms with Gasteiger partial charge in [-0.25, -0.2) is 0 Å². The summed E-state index contributed by atoms with van der Waals surface area (Å²) in [6.45, 7) is 4.07. The highest BCUT2D eigenvalue weighted by molar-refractivity contribution is 7.17. The normalized spacial score (nSPS) is 10.7. The van der Waals surface area contributed by atoms with Crippen LogP contribution in [0.3, 0.4) is 0 Å². The molecule has 0 atom stereocenters. The maximum Gasteiger partial charge on any atom is 0.104 e.